The van der Waals surface area contributed by atoms with E-state index in [1.54, 1.807) is 0 Å². The first-order valence-electron chi connectivity index (χ1n) is 3.95. The summed E-state index contributed by atoms with van der Waals surface area (Å²) in [5, 5.41) is 0.580. The van der Waals surface area contributed by atoms with Gasteiger partial charge in [-0.05, 0) is 11.6 Å². The predicted octanol–water partition coefficient (Wildman–Crippen LogP) is 4.22. The summed E-state index contributed by atoms with van der Waals surface area (Å²) in [4.78, 5) is 10.8. The van der Waals surface area contributed by atoms with E-state index in [2.05, 4.69) is 6.58 Å². The molecule has 5 heteroatoms. The Morgan fingerprint density at radius 2 is 2.00 bits per heavy atom. The molecule has 0 atom stereocenters. The molecule has 15 heavy (non-hydrogen) atoms. The minimum absolute atomic E-state index is 0.0708. The molecule has 0 radical (unpaired) electrons. The number of esters is 1. The smallest absolute Gasteiger partial charge is 0.308 e. The molecule has 0 bridgehead atoms. The molecule has 0 unspecified atom stereocenters. The van der Waals surface area contributed by atoms with Crippen LogP contribution in [-0.4, -0.2) is 5.97 Å². The third-order valence-corrected chi connectivity index (χ3v) is 2.76. The topological polar surface area (TPSA) is 26.3 Å². The zero-order chi connectivity index (χ0) is 11.6. The van der Waals surface area contributed by atoms with Gasteiger partial charge in [-0.25, -0.2) is 0 Å². The zero-order valence-corrected chi connectivity index (χ0v) is 10.1. The van der Waals surface area contributed by atoms with Gasteiger partial charge in [0.25, 0.3) is 0 Å². The molecule has 0 aliphatic carbocycles. The van der Waals surface area contributed by atoms with E-state index in [0.29, 0.717) is 5.56 Å². The fourth-order valence-electron chi connectivity index (χ4n) is 0.982. The van der Waals surface area contributed by atoms with Crippen LogP contribution < -0.4 is 4.74 Å². The highest BCUT2D eigenvalue weighted by molar-refractivity contribution is 6.45. The van der Waals surface area contributed by atoms with Crippen molar-refractivity contribution in [2.45, 2.75) is 6.92 Å². The van der Waals surface area contributed by atoms with Gasteiger partial charge < -0.3 is 4.74 Å². The highest BCUT2D eigenvalue weighted by Crippen LogP contribution is 2.40. The van der Waals surface area contributed by atoms with Crippen LogP contribution in [0.25, 0.3) is 6.08 Å². The normalized spacial score (nSPS) is 9.87. The zero-order valence-electron chi connectivity index (χ0n) is 7.81. The number of hydrogen-bond donors (Lipinski definition) is 0. The molecule has 0 heterocycles. The van der Waals surface area contributed by atoms with Crippen LogP contribution in [-0.2, 0) is 4.79 Å². The molecule has 1 aromatic carbocycles. The van der Waals surface area contributed by atoms with Crippen LogP contribution in [0.5, 0.6) is 5.75 Å². The van der Waals surface area contributed by atoms with Crippen molar-refractivity contribution in [1.82, 2.24) is 0 Å². The molecule has 0 saturated heterocycles. The lowest BCUT2D eigenvalue weighted by Gasteiger charge is -2.09. The van der Waals surface area contributed by atoms with Gasteiger partial charge in [-0.1, -0.05) is 47.5 Å². The summed E-state index contributed by atoms with van der Waals surface area (Å²) < 4.78 is 4.83. The maximum Gasteiger partial charge on any atom is 0.308 e. The van der Waals surface area contributed by atoms with E-state index in [0.717, 1.165) is 0 Å². The molecule has 0 amide bonds. The van der Waals surface area contributed by atoms with Crippen molar-refractivity contribution >= 4 is 46.8 Å². The lowest BCUT2D eigenvalue weighted by molar-refractivity contribution is -0.131. The molecule has 80 valence electrons. The summed E-state index contributed by atoms with van der Waals surface area (Å²) in [6.07, 6.45) is 1.51. The van der Waals surface area contributed by atoms with Gasteiger partial charge in [0.15, 0.2) is 5.75 Å². The summed E-state index contributed by atoms with van der Waals surface area (Å²) in [6.45, 7) is 4.81. The maximum atomic E-state index is 10.8. The number of ether oxygens (including phenoxy) is 1. The predicted molar refractivity (Wildman–Crippen MR) is 62.9 cm³/mol. The number of carbonyl (C=O) groups is 1. The first kappa shape index (κ1) is 12.4. The second-order valence-electron chi connectivity index (χ2n) is 2.70. The highest BCUT2D eigenvalue weighted by atomic mass is 35.5. The highest BCUT2D eigenvalue weighted by Gasteiger charge is 2.15. The summed E-state index contributed by atoms with van der Waals surface area (Å²) in [6, 6.07) is 1.53. The molecule has 1 rings (SSSR count). The lowest BCUT2D eigenvalue weighted by atomic mass is 10.2. The fourth-order valence-corrected chi connectivity index (χ4v) is 1.75. The van der Waals surface area contributed by atoms with Crippen LogP contribution in [0.15, 0.2) is 12.6 Å². The third-order valence-electron chi connectivity index (χ3n) is 1.61. The first-order valence-corrected chi connectivity index (χ1v) is 5.09. The minimum atomic E-state index is -0.513. The van der Waals surface area contributed by atoms with Crippen LogP contribution in [0.3, 0.4) is 0 Å². The average Bonchev–Trinajstić information content (AvgIpc) is 2.18. The van der Waals surface area contributed by atoms with E-state index in [9.17, 15) is 4.79 Å². The Morgan fingerprint density at radius 1 is 1.40 bits per heavy atom. The van der Waals surface area contributed by atoms with Crippen molar-refractivity contribution in [2.75, 3.05) is 0 Å². The van der Waals surface area contributed by atoms with Crippen LogP contribution in [0, 0.1) is 0 Å². The van der Waals surface area contributed by atoms with Gasteiger partial charge in [0.1, 0.15) is 5.02 Å². The molecular weight excluding hydrogens is 258 g/mol. The van der Waals surface area contributed by atoms with Crippen LogP contribution in [0.1, 0.15) is 12.5 Å². The summed E-state index contributed by atoms with van der Waals surface area (Å²) in [5.74, 6) is -0.442. The van der Waals surface area contributed by atoms with Crippen LogP contribution in [0.4, 0.5) is 0 Å². The van der Waals surface area contributed by atoms with E-state index in [-0.39, 0.29) is 20.8 Å². The average molecular weight is 266 g/mol. The maximum absolute atomic E-state index is 10.8. The Morgan fingerprint density at radius 3 is 2.47 bits per heavy atom. The Bertz CT molecular complexity index is 427. The standard InChI is InChI=1S/C10H7Cl3O2/c1-3-6-4-7(11)10(15-5(2)14)9(13)8(6)12/h3-4H,1H2,2H3. The molecule has 0 fully saturated rings. The van der Waals surface area contributed by atoms with Gasteiger partial charge in [0, 0.05) is 6.92 Å². The van der Waals surface area contributed by atoms with Gasteiger partial charge in [-0.15, -0.1) is 0 Å². The molecule has 0 N–H and O–H groups in total. The number of halogens is 3. The van der Waals surface area contributed by atoms with E-state index >= 15 is 0 Å². The Labute approximate surface area is 102 Å². The summed E-state index contributed by atoms with van der Waals surface area (Å²) in [5.41, 5.74) is 0.586. The fraction of sp³-hybridized carbons (Fsp3) is 0.100. The Hall–Kier alpha value is -0.700. The van der Waals surface area contributed by atoms with E-state index < -0.39 is 5.97 Å². The van der Waals surface area contributed by atoms with E-state index in [1.807, 2.05) is 0 Å². The van der Waals surface area contributed by atoms with Crippen LogP contribution >= 0.6 is 34.8 Å². The molecule has 0 spiro atoms. The molecule has 1 aromatic rings. The van der Waals surface area contributed by atoms with Gasteiger partial charge in [0.2, 0.25) is 0 Å². The molecule has 0 aliphatic rings. The Balaban J connectivity index is 3.35. The van der Waals surface area contributed by atoms with Crippen molar-refractivity contribution in [3.05, 3.63) is 33.3 Å². The second kappa shape index (κ2) is 4.88. The second-order valence-corrected chi connectivity index (χ2v) is 3.87. The number of hydrogen-bond acceptors (Lipinski definition) is 2. The molecule has 2 nitrogen and oxygen atoms in total. The number of rotatable bonds is 2. The minimum Gasteiger partial charge on any atom is -0.423 e. The van der Waals surface area contributed by atoms with Gasteiger partial charge in [-0.3, -0.25) is 4.79 Å². The SMILES string of the molecule is C=Cc1cc(Cl)c(OC(C)=O)c(Cl)c1Cl. The molecule has 0 saturated carbocycles. The van der Waals surface area contributed by atoms with Crippen LogP contribution in [0.2, 0.25) is 15.1 Å². The summed E-state index contributed by atoms with van der Waals surface area (Å²) >= 11 is 17.6. The van der Waals surface area contributed by atoms with Gasteiger partial charge >= 0.3 is 5.97 Å². The number of carbonyl (C=O) groups excluding carboxylic acids is 1. The van der Waals surface area contributed by atoms with Crippen molar-refractivity contribution in [3.63, 3.8) is 0 Å². The quantitative estimate of drug-likeness (QED) is 0.455. The van der Waals surface area contributed by atoms with Crippen molar-refractivity contribution < 1.29 is 9.53 Å². The Kier molecular flexibility index (Phi) is 4.03. The number of benzene rings is 1. The molecule has 0 aromatic heterocycles. The van der Waals surface area contributed by atoms with E-state index in [4.69, 9.17) is 39.5 Å². The van der Waals surface area contributed by atoms with Crippen molar-refractivity contribution in [3.8, 4) is 5.75 Å². The third kappa shape index (κ3) is 2.65. The lowest BCUT2D eigenvalue weighted by Crippen LogP contribution is -2.03. The van der Waals surface area contributed by atoms with Crippen molar-refractivity contribution in [1.29, 1.82) is 0 Å². The summed E-state index contributed by atoms with van der Waals surface area (Å²) in [7, 11) is 0. The monoisotopic (exact) mass is 264 g/mol. The van der Waals surface area contributed by atoms with Crippen molar-refractivity contribution in [2.24, 2.45) is 0 Å². The van der Waals surface area contributed by atoms with Gasteiger partial charge in [-0.2, -0.15) is 0 Å². The first-order chi connectivity index (χ1) is 6.97. The largest absolute Gasteiger partial charge is 0.423 e. The molecular formula is C10H7Cl3O2. The van der Waals surface area contributed by atoms with Gasteiger partial charge in [0.05, 0.1) is 10.0 Å². The molecule has 0 aliphatic heterocycles. The van der Waals surface area contributed by atoms with E-state index in [1.165, 1.54) is 19.1 Å².